The van der Waals surface area contributed by atoms with Crippen molar-refractivity contribution in [2.24, 2.45) is 0 Å². The first-order valence-corrected chi connectivity index (χ1v) is 13.0. The van der Waals surface area contributed by atoms with E-state index in [0.717, 1.165) is 11.1 Å². The van der Waals surface area contributed by atoms with Crippen molar-refractivity contribution in [3.05, 3.63) is 71.8 Å². The van der Waals surface area contributed by atoms with E-state index in [9.17, 15) is 19.2 Å². The number of carbonyl (C=O) groups excluding carboxylic acids is 4. The second kappa shape index (κ2) is 16.0. The molecule has 0 aliphatic heterocycles. The van der Waals surface area contributed by atoms with Crippen LogP contribution in [-0.2, 0) is 36.8 Å². The fraction of sp³-hybridized carbons (Fsp3) is 0.448. The fourth-order valence-electron chi connectivity index (χ4n) is 3.54. The molecule has 212 valence electrons. The van der Waals surface area contributed by atoms with Crippen LogP contribution in [0.15, 0.2) is 60.7 Å². The van der Waals surface area contributed by atoms with Gasteiger partial charge >= 0.3 is 18.2 Å². The van der Waals surface area contributed by atoms with Gasteiger partial charge in [0.2, 0.25) is 5.91 Å². The van der Waals surface area contributed by atoms with Crippen molar-refractivity contribution in [1.82, 2.24) is 16.0 Å². The smallest absolute Gasteiger partial charge is 0.408 e. The molecular weight excluding hydrogens is 502 g/mol. The molecular formula is C29H39N3O7. The second-order valence-electron chi connectivity index (χ2n) is 9.83. The number of ether oxygens (including phenoxy) is 3. The number of hydrogen-bond donors (Lipinski definition) is 3. The molecule has 10 heteroatoms. The van der Waals surface area contributed by atoms with E-state index < -0.39 is 41.7 Å². The van der Waals surface area contributed by atoms with Gasteiger partial charge in [-0.2, -0.15) is 0 Å². The van der Waals surface area contributed by atoms with Crippen LogP contribution in [0.5, 0.6) is 0 Å². The molecule has 0 saturated heterocycles. The summed E-state index contributed by atoms with van der Waals surface area (Å²) in [7, 11) is 0. The Hall–Kier alpha value is -4.08. The first-order valence-electron chi connectivity index (χ1n) is 13.0. The van der Waals surface area contributed by atoms with Crippen LogP contribution >= 0.6 is 0 Å². The van der Waals surface area contributed by atoms with Gasteiger partial charge in [-0.05, 0) is 51.7 Å². The molecule has 10 nitrogen and oxygen atoms in total. The molecule has 2 atom stereocenters. The topological polar surface area (TPSA) is 132 Å². The minimum atomic E-state index is -1.03. The number of hydrogen-bond acceptors (Lipinski definition) is 7. The molecule has 3 N–H and O–H groups in total. The number of rotatable bonds is 13. The average Bonchev–Trinajstić information content (AvgIpc) is 2.89. The summed E-state index contributed by atoms with van der Waals surface area (Å²) in [5.41, 5.74) is 0.988. The quantitative estimate of drug-likeness (QED) is 0.199. The van der Waals surface area contributed by atoms with Gasteiger partial charge in [-0.3, -0.25) is 4.79 Å². The van der Waals surface area contributed by atoms with Gasteiger partial charge in [0.1, 0.15) is 24.3 Å². The Morgan fingerprint density at radius 1 is 0.795 bits per heavy atom. The molecule has 2 rings (SSSR count). The SMILES string of the molecule is CCOC(=O)C(Cc1ccccc1)NC(=O)C(CCCNC(=O)OC(C)(C)C)NC(=O)OCc1ccccc1. The number of amides is 3. The minimum Gasteiger partial charge on any atom is -0.464 e. The highest BCUT2D eigenvalue weighted by molar-refractivity contribution is 5.89. The molecule has 0 heterocycles. The number of benzene rings is 2. The number of nitrogens with one attached hydrogen (secondary N) is 3. The summed E-state index contributed by atoms with van der Waals surface area (Å²) in [5.74, 6) is -1.15. The number of alkyl carbamates (subject to hydrolysis) is 2. The lowest BCUT2D eigenvalue weighted by Crippen LogP contribution is -2.52. The van der Waals surface area contributed by atoms with Crippen LogP contribution in [-0.4, -0.2) is 54.9 Å². The lowest BCUT2D eigenvalue weighted by atomic mass is 10.0. The van der Waals surface area contributed by atoms with Gasteiger partial charge in [0.25, 0.3) is 0 Å². The molecule has 0 saturated carbocycles. The van der Waals surface area contributed by atoms with Crippen molar-refractivity contribution in [3.63, 3.8) is 0 Å². The summed E-state index contributed by atoms with van der Waals surface area (Å²) in [6.45, 7) is 7.35. The monoisotopic (exact) mass is 541 g/mol. The maximum absolute atomic E-state index is 13.3. The molecule has 2 aromatic rings. The van der Waals surface area contributed by atoms with E-state index >= 15 is 0 Å². The largest absolute Gasteiger partial charge is 0.464 e. The Bertz CT molecular complexity index is 1060. The van der Waals surface area contributed by atoms with E-state index in [4.69, 9.17) is 14.2 Å². The Morgan fingerprint density at radius 2 is 1.41 bits per heavy atom. The van der Waals surface area contributed by atoms with Gasteiger partial charge in [0.15, 0.2) is 0 Å². The minimum absolute atomic E-state index is 0.0284. The molecule has 0 aromatic heterocycles. The lowest BCUT2D eigenvalue weighted by Gasteiger charge is -2.23. The second-order valence-corrected chi connectivity index (χ2v) is 9.83. The third-order valence-corrected chi connectivity index (χ3v) is 5.33. The fourth-order valence-corrected chi connectivity index (χ4v) is 3.54. The van der Waals surface area contributed by atoms with Crippen molar-refractivity contribution in [1.29, 1.82) is 0 Å². The maximum Gasteiger partial charge on any atom is 0.408 e. The zero-order valence-corrected chi connectivity index (χ0v) is 23.0. The van der Waals surface area contributed by atoms with E-state index in [1.54, 1.807) is 27.7 Å². The predicted octanol–water partition coefficient (Wildman–Crippen LogP) is 3.88. The van der Waals surface area contributed by atoms with Gasteiger partial charge in [0.05, 0.1) is 6.61 Å². The highest BCUT2D eigenvalue weighted by Crippen LogP contribution is 2.09. The van der Waals surface area contributed by atoms with Crippen LogP contribution in [0.1, 0.15) is 51.7 Å². The van der Waals surface area contributed by atoms with Crippen molar-refractivity contribution < 1.29 is 33.4 Å². The third-order valence-electron chi connectivity index (χ3n) is 5.33. The predicted molar refractivity (Wildman–Crippen MR) is 146 cm³/mol. The van der Waals surface area contributed by atoms with Crippen molar-refractivity contribution >= 4 is 24.1 Å². The highest BCUT2D eigenvalue weighted by atomic mass is 16.6. The molecule has 0 bridgehead atoms. The van der Waals surface area contributed by atoms with Crippen LogP contribution in [0.4, 0.5) is 9.59 Å². The van der Waals surface area contributed by atoms with E-state index in [2.05, 4.69) is 16.0 Å². The Kier molecular flexibility index (Phi) is 12.8. The summed E-state index contributed by atoms with van der Waals surface area (Å²) in [6.07, 6.45) is -0.627. The summed E-state index contributed by atoms with van der Waals surface area (Å²) >= 11 is 0. The van der Waals surface area contributed by atoms with Gasteiger partial charge in [-0.15, -0.1) is 0 Å². The maximum atomic E-state index is 13.3. The zero-order valence-electron chi connectivity index (χ0n) is 23.0. The lowest BCUT2D eigenvalue weighted by molar-refractivity contribution is -0.147. The standard InChI is InChI=1S/C29H39N3O7/c1-5-37-26(34)24(19-21-13-8-6-9-14-21)31-25(33)23(17-12-18-30-27(35)39-29(2,3)4)32-28(36)38-20-22-15-10-7-11-16-22/h6-11,13-16,23-24H,5,12,17-20H2,1-4H3,(H,30,35)(H,31,33)(H,32,36). The molecule has 0 spiro atoms. The molecule has 0 radical (unpaired) electrons. The van der Waals surface area contributed by atoms with E-state index in [0.29, 0.717) is 6.42 Å². The van der Waals surface area contributed by atoms with E-state index in [1.807, 2.05) is 60.7 Å². The summed E-state index contributed by atoms with van der Waals surface area (Å²) in [5, 5.41) is 7.93. The van der Waals surface area contributed by atoms with Crippen LogP contribution in [0.2, 0.25) is 0 Å². The normalized spacial score (nSPS) is 12.4. The summed E-state index contributed by atoms with van der Waals surface area (Å²) in [4.78, 5) is 50.4. The number of esters is 1. The molecule has 3 amide bonds. The molecule has 0 aliphatic rings. The summed E-state index contributed by atoms with van der Waals surface area (Å²) in [6, 6.07) is 16.4. The molecule has 39 heavy (non-hydrogen) atoms. The van der Waals surface area contributed by atoms with Crippen molar-refractivity contribution in [3.8, 4) is 0 Å². The van der Waals surface area contributed by atoms with Gasteiger partial charge in [-0.25, -0.2) is 14.4 Å². The van der Waals surface area contributed by atoms with Gasteiger partial charge in [0, 0.05) is 13.0 Å². The van der Waals surface area contributed by atoms with Crippen molar-refractivity contribution in [2.45, 2.75) is 71.2 Å². The molecule has 0 fully saturated rings. The van der Waals surface area contributed by atoms with Crippen LogP contribution in [0, 0.1) is 0 Å². The van der Waals surface area contributed by atoms with Crippen LogP contribution in [0.3, 0.4) is 0 Å². The molecule has 0 aliphatic carbocycles. The zero-order chi connectivity index (χ0) is 28.7. The Balaban J connectivity index is 2.05. The van der Waals surface area contributed by atoms with E-state index in [-0.39, 0.29) is 32.6 Å². The van der Waals surface area contributed by atoms with Gasteiger partial charge in [-0.1, -0.05) is 60.7 Å². The Morgan fingerprint density at radius 3 is 2.00 bits per heavy atom. The van der Waals surface area contributed by atoms with Gasteiger partial charge < -0.3 is 30.2 Å². The average molecular weight is 542 g/mol. The number of carbonyl (C=O) groups is 4. The molecule has 2 unspecified atom stereocenters. The molecule has 2 aromatic carbocycles. The van der Waals surface area contributed by atoms with Crippen molar-refractivity contribution in [2.75, 3.05) is 13.2 Å². The van der Waals surface area contributed by atoms with Crippen LogP contribution < -0.4 is 16.0 Å². The third kappa shape index (κ3) is 12.8. The van der Waals surface area contributed by atoms with Crippen LogP contribution in [0.25, 0.3) is 0 Å². The highest BCUT2D eigenvalue weighted by Gasteiger charge is 2.28. The Labute approximate surface area is 229 Å². The first kappa shape index (κ1) is 31.1. The first-order chi connectivity index (χ1) is 18.6. The summed E-state index contributed by atoms with van der Waals surface area (Å²) < 4.78 is 15.7. The van der Waals surface area contributed by atoms with E-state index in [1.165, 1.54) is 0 Å².